The zero-order chi connectivity index (χ0) is 26.8. The molecule has 10 nitrogen and oxygen atoms in total. The van der Waals surface area contributed by atoms with Gasteiger partial charge in [0.25, 0.3) is 0 Å². The summed E-state index contributed by atoms with van der Waals surface area (Å²) in [6.07, 6.45) is 5.32. The molecule has 0 saturated heterocycles. The Balaban J connectivity index is 1.57. The van der Waals surface area contributed by atoms with Crippen molar-refractivity contribution >= 4 is 43.2 Å². The summed E-state index contributed by atoms with van der Waals surface area (Å²) in [5.74, 6) is 0.130. The van der Waals surface area contributed by atoms with E-state index in [1.807, 2.05) is 19.9 Å². The molecule has 0 bridgehead atoms. The minimum Gasteiger partial charge on any atom is -0.388 e. The lowest BCUT2D eigenvalue weighted by molar-refractivity contribution is -0.0517. The maximum absolute atomic E-state index is 12.5. The highest BCUT2D eigenvalue weighted by molar-refractivity contribution is 7.92. The average Bonchev–Trinajstić information content (AvgIpc) is 3.32. The van der Waals surface area contributed by atoms with Gasteiger partial charge >= 0.3 is 0 Å². The molecule has 4 N–H and O–H groups in total. The van der Waals surface area contributed by atoms with E-state index in [4.69, 9.17) is 15.0 Å². The number of aliphatic hydroxyl groups is 2. The average molecular weight is 547 g/mol. The second kappa shape index (κ2) is 9.11. The lowest BCUT2D eigenvalue weighted by atomic mass is 9.90. The lowest BCUT2D eigenvalue weighted by Gasteiger charge is -2.36. The Morgan fingerprint density at radius 3 is 2.49 bits per heavy atom. The molecule has 0 radical (unpaired) electrons. The fourth-order valence-corrected chi connectivity index (χ4v) is 7.07. The summed E-state index contributed by atoms with van der Waals surface area (Å²) in [4.78, 5) is 18.6. The number of aromatic nitrogens is 4. The first-order chi connectivity index (χ1) is 17.3. The molecule has 3 aromatic rings. The molecule has 200 valence electrons. The molecule has 0 aliphatic heterocycles. The molecule has 3 unspecified atom stereocenters. The number of fused-ring (bicyclic) bond motifs is 1. The topological polar surface area (TPSA) is 150 Å². The first-order valence-corrected chi connectivity index (χ1v) is 15.3. The van der Waals surface area contributed by atoms with E-state index >= 15 is 0 Å². The predicted octanol–water partition coefficient (Wildman–Crippen LogP) is 3.42. The number of anilines is 2. The van der Waals surface area contributed by atoms with Crippen LogP contribution >= 0.6 is 11.3 Å². The van der Waals surface area contributed by atoms with Crippen molar-refractivity contribution in [1.82, 2.24) is 19.9 Å². The van der Waals surface area contributed by atoms with Crippen LogP contribution in [0, 0.1) is 19.8 Å². The third-order valence-corrected chi connectivity index (χ3v) is 11.4. The lowest BCUT2D eigenvalue weighted by Crippen LogP contribution is -2.52. The fourth-order valence-electron chi connectivity index (χ4n) is 5.17. The van der Waals surface area contributed by atoms with E-state index in [1.165, 1.54) is 17.6 Å². The number of hydrogen-bond donors (Lipinski definition) is 4. The molecule has 3 atom stereocenters. The van der Waals surface area contributed by atoms with Gasteiger partial charge in [-0.15, -0.1) is 11.3 Å². The van der Waals surface area contributed by atoms with E-state index in [9.17, 15) is 18.6 Å². The Morgan fingerprint density at radius 1 is 1.14 bits per heavy atom. The number of aryl methyl sites for hydroxylation is 2. The minimum absolute atomic E-state index is 0.161. The second-order valence-electron chi connectivity index (χ2n) is 10.9. The zero-order valence-electron chi connectivity index (χ0n) is 21.7. The highest BCUT2D eigenvalue weighted by atomic mass is 32.2. The third kappa shape index (κ3) is 4.58. The van der Waals surface area contributed by atoms with Crippen molar-refractivity contribution in [1.29, 1.82) is 0 Å². The molecule has 2 aliphatic carbocycles. The highest BCUT2D eigenvalue weighted by Crippen LogP contribution is 2.45. The van der Waals surface area contributed by atoms with Crippen molar-refractivity contribution in [3.05, 3.63) is 23.7 Å². The van der Waals surface area contributed by atoms with Crippen molar-refractivity contribution < 1.29 is 18.6 Å². The van der Waals surface area contributed by atoms with Crippen LogP contribution in [0.3, 0.4) is 0 Å². The van der Waals surface area contributed by atoms with Crippen LogP contribution in [-0.2, 0) is 9.84 Å². The number of sulfone groups is 1. The van der Waals surface area contributed by atoms with E-state index < -0.39 is 32.3 Å². The Labute approximate surface area is 220 Å². The van der Waals surface area contributed by atoms with Gasteiger partial charge in [-0.3, -0.25) is 4.98 Å². The summed E-state index contributed by atoms with van der Waals surface area (Å²) in [6, 6.07) is 2.21. The zero-order valence-corrected chi connectivity index (χ0v) is 23.4. The summed E-state index contributed by atoms with van der Waals surface area (Å²) in [5.41, 5.74) is 1.13. The van der Waals surface area contributed by atoms with Gasteiger partial charge in [0.05, 0.1) is 26.4 Å². The molecular weight excluding hydrogens is 512 g/mol. The number of thiazole rings is 1. The molecule has 5 rings (SSSR count). The van der Waals surface area contributed by atoms with E-state index in [2.05, 4.69) is 15.6 Å². The van der Waals surface area contributed by atoms with Gasteiger partial charge in [-0.2, -0.15) is 4.98 Å². The standard InChI is InChI=1S/C25H34N6O4S2/c1-13-18(22-29-19-14(2)26-12-10-17(19)36-22)21(30-23(27-13)28-15-7-6-8-15)31-25(33)11-9-16(20(25)32)24(3,4)37(5,34)35/h10,12,15-16,20,32-33H,6-9,11H2,1-5H3,(H2,27,28,30,31). The minimum atomic E-state index is -3.48. The molecule has 0 amide bonds. The summed E-state index contributed by atoms with van der Waals surface area (Å²) in [5, 5.41) is 30.0. The first kappa shape index (κ1) is 26.2. The smallest absolute Gasteiger partial charge is 0.225 e. The molecule has 2 aliphatic rings. The number of rotatable bonds is 7. The second-order valence-corrected chi connectivity index (χ2v) is 14.5. The number of aliphatic hydroxyl groups excluding tert-OH is 1. The molecule has 0 spiro atoms. The highest BCUT2D eigenvalue weighted by Gasteiger charge is 2.55. The Bertz CT molecular complexity index is 1450. The van der Waals surface area contributed by atoms with Crippen molar-refractivity contribution in [2.45, 2.75) is 82.4 Å². The van der Waals surface area contributed by atoms with Gasteiger partial charge in [0.15, 0.2) is 15.6 Å². The molecule has 12 heteroatoms. The Kier molecular flexibility index (Phi) is 6.45. The Hall–Kier alpha value is -2.41. The molecule has 3 aromatic heterocycles. The van der Waals surface area contributed by atoms with Gasteiger partial charge < -0.3 is 20.8 Å². The van der Waals surface area contributed by atoms with Crippen LogP contribution < -0.4 is 10.6 Å². The normalized spacial score (nSPS) is 24.8. The molecular formula is C25H34N6O4S2. The van der Waals surface area contributed by atoms with Crippen LogP contribution in [0.2, 0.25) is 0 Å². The van der Waals surface area contributed by atoms with Crippen molar-refractivity contribution in [3.63, 3.8) is 0 Å². The molecule has 0 aromatic carbocycles. The van der Waals surface area contributed by atoms with Gasteiger partial charge in [0, 0.05) is 24.4 Å². The number of pyridine rings is 1. The monoisotopic (exact) mass is 546 g/mol. The van der Waals surface area contributed by atoms with Crippen molar-refractivity contribution in [2.75, 3.05) is 16.9 Å². The summed E-state index contributed by atoms with van der Waals surface area (Å²) in [6.45, 7) is 6.97. The number of hydrogen-bond acceptors (Lipinski definition) is 11. The molecule has 2 fully saturated rings. The number of nitrogens with one attached hydrogen (secondary N) is 2. The van der Waals surface area contributed by atoms with E-state index in [0.29, 0.717) is 40.5 Å². The van der Waals surface area contributed by atoms with E-state index in [-0.39, 0.29) is 6.42 Å². The largest absolute Gasteiger partial charge is 0.388 e. The Morgan fingerprint density at radius 2 is 1.86 bits per heavy atom. The predicted molar refractivity (Wildman–Crippen MR) is 145 cm³/mol. The molecule has 37 heavy (non-hydrogen) atoms. The SMILES string of the molecule is Cc1nc(NC2CCC2)nc(NC2(O)CCC(C(C)(C)S(C)(=O)=O)C2O)c1-c1nc2c(C)nccc2s1. The maximum Gasteiger partial charge on any atom is 0.225 e. The van der Waals surface area contributed by atoms with Crippen molar-refractivity contribution in [3.8, 4) is 10.6 Å². The van der Waals surface area contributed by atoms with Gasteiger partial charge in [-0.25, -0.2) is 18.4 Å². The molecule has 2 saturated carbocycles. The molecule has 3 heterocycles. The van der Waals surface area contributed by atoms with E-state index in [0.717, 1.165) is 35.2 Å². The van der Waals surface area contributed by atoms with Crippen LogP contribution in [0.25, 0.3) is 20.8 Å². The number of nitrogens with zero attached hydrogens (tertiary/aromatic N) is 4. The van der Waals surface area contributed by atoms with Gasteiger partial charge in [0.2, 0.25) is 5.95 Å². The van der Waals surface area contributed by atoms with Crippen LogP contribution in [-0.4, -0.2) is 67.4 Å². The summed E-state index contributed by atoms with van der Waals surface area (Å²) < 4.78 is 24.7. The maximum atomic E-state index is 12.5. The van der Waals surface area contributed by atoms with Crippen molar-refractivity contribution in [2.24, 2.45) is 5.92 Å². The van der Waals surface area contributed by atoms with Gasteiger partial charge in [-0.05, 0) is 65.9 Å². The quantitative estimate of drug-likeness (QED) is 0.325. The van der Waals surface area contributed by atoms with Crippen LogP contribution in [0.15, 0.2) is 12.3 Å². The van der Waals surface area contributed by atoms with Crippen LogP contribution in [0.4, 0.5) is 11.8 Å². The van der Waals surface area contributed by atoms with Crippen LogP contribution in [0.1, 0.15) is 57.3 Å². The van der Waals surface area contributed by atoms with Crippen LogP contribution in [0.5, 0.6) is 0 Å². The third-order valence-electron chi connectivity index (χ3n) is 8.12. The summed E-state index contributed by atoms with van der Waals surface area (Å²) in [7, 11) is -3.48. The van der Waals surface area contributed by atoms with Gasteiger partial charge in [-0.1, -0.05) is 0 Å². The summed E-state index contributed by atoms with van der Waals surface area (Å²) >= 11 is 1.48. The fraction of sp³-hybridized carbons (Fsp3) is 0.600. The van der Waals surface area contributed by atoms with Gasteiger partial charge in [0.1, 0.15) is 22.4 Å². The first-order valence-electron chi connectivity index (χ1n) is 12.6. The van der Waals surface area contributed by atoms with E-state index in [1.54, 1.807) is 20.0 Å².